The molecule has 0 aliphatic carbocycles. The predicted octanol–water partition coefficient (Wildman–Crippen LogP) is 2.10. The lowest BCUT2D eigenvalue weighted by Gasteiger charge is -2.11. The fraction of sp³-hybridized carbons (Fsp3) is 0.214. The molecule has 1 atom stereocenters. The summed E-state index contributed by atoms with van der Waals surface area (Å²) in [4.78, 5) is 30.1. The number of hydrogen-bond donors (Lipinski definition) is 1. The molecule has 0 amide bonds. The molecule has 2 aromatic rings. The molecular formula is C14H14N2O3. The summed E-state index contributed by atoms with van der Waals surface area (Å²) in [5.41, 5.74) is 0.338. The molecule has 0 saturated carbocycles. The minimum atomic E-state index is -0.610. The number of benzene rings is 1. The number of hydrogen-bond acceptors (Lipinski definition) is 4. The van der Waals surface area contributed by atoms with E-state index in [1.807, 2.05) is 0 Å². The maximum atomic E-state index is 11.9. The standard InChI is InChI=1S/C14H14N2O3/c1-3-6-12(17)19-9(2)13-15-11-8-5-4-7-10(11)14(18)16-13/h3-9H,1-2H3,(H,15,16,18)/b6-3+/t9-/m1/s1. The molecule has 1 heterocycles. The van der Waals surface area contributed by atoms with Gasteiger partial charge in [0.05, 0.1) is 10.9 Å². The van der Waals surface area contributed by atoms with Gasteiger partial charge in [-0.05, 0) is 26.0 Å². The Morgan fingerprint density at radius 2 is 2.16 bits per heavy atom. The van der Waals surface area contributed by atoms with Gasteiger partial charge in [0.15, 0.2) is 11.9 Å². The first-order valence-electron chi connectivity index (χ1n) is 5.94. The first-order valence-corrected chi connectivity index (χ1v) is 5.94. The van der Waals surface area contributed by atoms with Gasteiger partial charge in [-0.15, -0.1) is 0 Å². The van der Waals surface area contributed by atoms with Crippen LogP contribution in [0.3, 0.4) is 0 Å². The van der Waals surface area contributed by atoms with Crippen molar-refractivity contribution in [2.75, 3.05) is 0 Å². The molecule has 0 fully saturated rings. The van der Waals surface area contributed by atoms with Crippen LogP contribution in [0.25, 0.3) is 10.9 Å². The highest BCUT2D eigenvalue weighted by Gasteiger charge is 2.13. The van der Waals surface area contributed by atoms with Gasteiger partial charge >= 0.3 is 5.97 Å². The molecule has 0 aliphatic heterocycles. The average Bonchev–Trinajstić information content (AvgIpc) is 2.39. The average molecular weight is 258 g/mol. The lowest BCUT2D eigenvalue weighted by molar-refractivity contribution is -0.142. The Kier molecular flexibility index (Phi) is 3.75. The molecule has 0 spiro atoms. The van der Waals surface area contributed by atoms with Crippen molar-refractivity contribution in [3.8, 4) is 0 Å². The van der Waals surface area contributed by atoms with Gasteiger partial charge in [0.2, 0.25) is 0 Å². The zero-order chi connectivity index (χ0) is 13.8. The van der Waals surface area contributed by atoms with Crippen LogP contribution in [0, 0.1) is 0 Å². The Morgan fingerprint density at radius 3 is 2.89 bits per heavy atom. The fourth-order valence-corrected chi connectivity index (χ4v) is 1.70. The first kappa shape index (κ1) is 13.0. The van der Waals surface area contributed by atoms with E-state index in [-0.39, 0.29) is 5.56 Å². The third-order valence-corrected chi connectivity index (χ3v) is 2.61. The van der Waals surface area contributed by atoms with E-state index in [2.05, 4.69) is 9.97 Å². The second-order valence-electron chi connectivity index (χ2n) is 4.05. The Balaban J connectivity index is 2.35. The second kappa shape index (κ2) is 5.48. The summed E-state index contributed by atoms with van der Waals surface area (Å²) < 4.78 is 5.12. The van der Waals surface area contributed by atoms with Gasteiger partial charge in [-0.1, -0.05) is 18.2 Å². The highest BCUT2D eigenvalue weighted by molar-refractivity contribution is 5.82. The zero-order valence-corrected chi connectivity index (χ0v) is 10.7. The van der Waals surface area contributed by atoms with Gasteiger partial charge < -0.3 is 9.72 Å². The number of fused-ring (bicyclic) bond motifs is 1. The summed E-state index contributed by atoms with van der Waals surface area (Å²) in [5.74, 6) is -0.132. The van der Waals surface area contributed by atoms with Crippen LogP contribution in [0.5, 0.6) is 0 Å². The lowest BCUT2D eigenvalue weighted by Crippen LogP contribution is -2.16. The van der Waals surface area contributed by atoms with Crippen molar-refractivity contribution in [3.63, 3.8) is 0 Å². The number of esters is 1. The van der Waals surface area contributed by atoms with Crippen LogP contribution >= 0.6 is 0 Å². The largest absolute Gasteiger partial charge is 0.451 e. The number of carbonyl (C=O) groups is 1. The van der Waals surface area contributed by atoms with Gasteiger partial charge in [0, 0.05) is 6.08 Å². The molecule has 19 heavy (non-hydrogen) atoms. The van der Waals surface area contributed by atoms with Gasteiger partial charge in [-0.2, -0.15) is 0 Å². The highest BCUT2D eigenvalue weighted by atomic mass is 16.5. The summed E-state index contributed by atoms with van der Waals surface area (Å²) in [5, 5.41) is 0.512. The van der Waals surface area contributed by atoms with Crippen LogP contribution < -0.4 is 5.56 Å². The number of nitrogens with zero attached hydrogens (tertiary/aromatic N) is 1. The Bertz CT molecular complexity index is 688. The number of allylic oxidation sites excluding steroid dienone is 1. The molecule has 2 rings (SSSR count). The van der Waals surface area contributed by atoms with Crippen molar-refractivity contribution >= 4 is 16.9 Å². The normalized spacial score (nSPS) is 12.7. The van der Waals surface area contributed by atoms with Gasteiger partial charge in [-0.25, -0.2) is 9.78 Å². The van der Waals surface area contributed by atoms with E-state index < -0.39 is 12.1 Å². The molecular weight excluding hydrogens is 244 g/mol. The summed E-state index contributed by atoms with van der Waals surface area (Å²) in [6, 6.07) is 7.01. The third-order valence-electron chi connectivity index (χ3n) is 2.61. The number of para-hydroxylation sites is 1. The van der Waals surface area contributed by atoms with Gasteiger partial charge in [0.1, 0.15) is 0 Å². The van der Waals surface area contributed by atoms with Gasteiger partial charge in [-0.3, -0.25) is 4.79 Å². The lowest BCUT2D eigenvalue weighted by atomic mass is 10.2. The molecule has 0 aliphatic rings. The van der Waals surface area contributed by atoms with E-state index in [9.17, 15) is 9.59 Å². The second-order valence-corrected chi connectivity index (χ2v) is 4.05. The molecule has 1 aromatic carbocycles. The minimum Gasteiger partial charge on any atom is -0.451 e. The van der Waals surface area contributed by atoms with E-state index in [4.69, 9.17) is 4.74 Å². The number of nitrogens with one attached hydrogen (secondary N) is 1. The Morgan fingerprint density at radius 1 is 1.42 bits per heavy atom. The maximum absolute atomic E-state index is 11.9. The van der Waals surface area contributed by atoms with Crippen molar-refractivity contribution in [2.45, 2.75) is 20.0 Å². The third kappa shape index (κ3) is 2.88. The summed E-state index contributed by atoms with van der Waals surface area (Å²) in [7, 11) is 0. The minimum absolute atomic E-state index is 0.241. The van der Waals surface area contributed by atoms with Crippen LogP contribution in [0.1, 0.15) is 25.8 Å². The first-order chi connectivity index (χ1) is 9.11. The number of ether oxygens (including phenoxy) is 1. The molecule has 1 aromatic heterocycles. The molecule has 5 nitrogen and oxygen atoms in total. The Labute approximate surface area is 109 Å². The van der Waals surface area contributed by atoms with Crippen LogP contribution in [0.2, 0.25) is 0 Å². The SMILES string of the molecule is C/C=C/C(=O)O[C@H](C)c1nc2ccccc2c(=O)[nH]1. The fourth-order valence-electron chi connectivity index (χ4n) is 1.70. The number of carbonyl (C=O) groups excluding carboxylic acids is 1. The Hall–Kier alpha value is -2.43. The topological polar surface area (TPSA) is 72.0 Å². The molecule has 0 bridgehead atoms. The van der Waals surface area contributed by atoms with E-state index in [1.165, 1.54) is 6.08 Å². The van der Waals surface area contributed by atoms with Crippen LogP contribution in [0.4, 0.5) is 0 Å². The molecule has 5 heteroatoms. The predicted molar refractivity (Wildman–Crippen MR) is 71.7 cm³/mol. The van der Waals surface area contributed by atoms with Crippen LogP contribution in [-0.2, 0) is 9.53 Å². The smallest absolute Gasteiger partial charge is 0.331 e. The number of rotatable bonds is 3. The van der Waals surface area contributed by atoms with Crippen molar-refractivity contribution in [3.05, 3.63) is 52.6 Å². The molecule has 0 radical (unpaired) electrons. The van der Waals surface area contributed by atoms with Gasteiger partial charge in [0.25, 0.3) is 5.56 Å². The molecule has 98 valence electrons. The maximum Gasteiger partial charge on any atom is 0.331 e. The molecule has 1 N–H and O–H groups in total. The summed E-state index contributed by atoms with van der Waals surface area (Å²) in [6.45, 7) is 3.39. The van der Waals surface area contributed by atoms with Crippen molar-refractivity contribution < 1.29 is 9.53 Å². The van der Waals surface area contributed by atoms with Crippen LogP contribution in [-0.4, -0.2) is 15.9 Å². The number of H-pyrrole nitrogens is 1. The van der Waals surface area contributed by atoms with E-state index in [0.29, 0.717) is 16.7 Å². The van der Waals surface area contributed by atoms with Crippen molar-refractivity contribution in [1.82, 2.24) is 9.97 Å². The van der Waals surface area contributed by atoms with Crippen LogP contribution in [0.15, 0.2) is 41.2 Å². The van der Waals surface area contributed by atoms with Crippen molar-refractivity contribution in [2.24, 2.45) is 0 Å². The summed E-state index contributed by atoms with van der Waals surface area (Å²) in [6.07, 6.45) is 2.29. The molecule has 0 unspecified atom stereocenters. The van der Waals surface area contributed by atoms with E-state index >= 15 is 0 Å². The quantitative estimate of drug-likeness (QED) is 0.676. The number of aromatic amines is 1. The van der Waals surface area contributed by atoms with E-state index in [1.54, 1.807) is 44.2 Å². The summed E-state index contributed by atoms with van der Waals surface area (Å²) >= 11 is 0. The van der Waals surface area contributed by atoms with E-state index in [0.717, 1.165) is 0 Å². The number of aromatic nitrogens is 2. The zero-order valence-electron chi connectivity index (χ0n) is 10.7. The molecule has 0 saturated heterocycles. The van der Waals surface area contributed by atoms with Crippen molar-refractivity contribution in [1.29, 1.82) is 0 Å². The highest BCUT2D eigenvalue weighted by Crippen LogP contribution is 2.14. The monoisotopic (exact) mass is 258 g/mol.